The molecule has 22 heavy (non-hydrogen) atoms. The Hall–Kier alpha value is -1.35. The minimum Gasteiger partial charge on any atom is -0.342 e. The van der Waals surface area contributed by atoms with Crippen molar-refractivity contribution < 1.29 is 4.79 Å². The molecule has 2 fully saturated rings. The predicted molar refractivity (Wildman–Crippen MR) is 89.7 cm³/mol. The number of benzene rings is 1. The van der Waals surface area contributed by atoms with Crippen molar-refractivity contribution in [2.75, 3.05) is 26.2 Å². The van der Waals surface area contributed by atoms with Crippen LogP contribution in [0.4, 0.5) is 0 Å². The molecule has 1 aromatic rings. The van der Waals surface area contributed by atoms with Gasteiger partial charge in [-0.25, -0.2) is 0 Å². The lowest BCUT2D eigenvalue weighted by Crippen LogP contribution is -2.52. The van der Waals surface area contributed by atoms with Crippen LogP contribution in [0.1, 0.15) is 38.2 Å². The molecular weight excluding hydrogens is 272 g/mol. The van der Waals surface area contributed by atoms with Gasteiger partial charge in [0.25, 0.3) is 0 Å². The number of hydrogen-bond acceptors (Lipinski definition) is 2. The average molecular weight is 300 g/mol. The lowest BCUT2D eigenvalue weighted by atomic mass is 9.80. The lowest BCUT2D eigenvalue weighted by Gasteiger charge is -2.40. The summed E-state index contributed by atoms with van der Waals surface area (Å²) in [6, 6.07) is 10.7. The largest absolute Gasteiger partial charge is 0.342 e. The second-order valence-corrected chi connectivity index (χ2v) is 7.27. The zero-order valence-corrected chi connectivity index (χ0v) is 13.7. The number of piperidine rings is 2. The SMILES string of the molecule is CC1(C(=O)N2CCC(Cc3ccccc3)CC2)CCCNC1. The van der Waals surface area contributed by atoms with Gasteiger partial charge in [-0.1, -0.05) is 30.3 Å². The minimum absolute atomic E-state index is 0.176. The molecule has 0 aliphatic carbocycles. The molecule has 3 heteroatoms. The summed E-state index contributed by atoms with van der Waals surface area (Å²) in [6.45, 7) is 5.91. The summed E-state index contributed by atoms with van der Waals surface area (Å²) in [7, 11) is 0. The van der Waals surface area contributed by atoms with E-state index in [1.807, 2.05) is 0 Å². The van der Waals surface area contributed by atoms with Crippen LogP contribution in [-0.2, 0) is 11.2 Å². The highest BCUT2D eigenvalue weighted by atomic mass is 16.2. The van der Waals surface area contributed by atoms with Gasteiger partial charge in [-0.3, -0.25) is 4.79 Å². The summed E-state index contributed by atoms with van der Waals surface area (Å²) < 4.78 is 0. The number of nitrogens with one attached hydrogen (secondary N) is 1. The number of carbonyl (C=O) groups is 1. The molecule has 1 N–H and O–H groups in total. The van der Waals surface area contributed by atoms with Gasteiger partial charge in [0, 0.05) is 19.6 Å². The third-order valence-electron chi connectivity index (χ3n) is 5.38. The third kappa shape index (κ3) is 3.52. The Bertz CT molecular complexity index is 485. The van der Waals surface area contributed by atoms with E-state index < -0.39 is 0 Å². The molecule has 2 aliphatic heterocycles. The van der Waals surface area contributed by atoms with Crippen LogP contribution in [0.15, 0.2) is 30.3 Å². The smallest absolute Gasteiger partial charge is 0.229 e. The Kier molecular flexibility index (Phi) is 4.82. The van der Waals surface area contributed by atoms with Crippen molar-refractivity contribution in [2.45, 2.75) is 39.0 Å². The molecule has 2 saturated heterocycles. The van der Waals surface area contributed by atoms with Crippen molar-refractivity contribution in [3.8, 4) is 0 Å². The summed E-state index contributed by atoms with van der Waals surface area (Å²) in [5.41, 5.74) is 1.25. The van der Waals surface area contributed by atoms with Crippen LogP contribution in [0.5, 0.6) is 0 Å². The minimum atomic E-state index is -0.176. The van der Waals surface area contributed by atoms with Crippen LogP contribution in [0.25, 0.3) is 0 Å². The normalized spacial score (nSPS) is 26.9. The van der Waals surface area contributed by atoms with Crippen LogP contribution < -0.4 is 5.32 Å². The van der Waals surface area contributed by atoms with Crippen molar-refractivity contribution in [1.29, 1.82) is 0 Å². The fourth-order valence-corrected chi connectivity index (χ4v) is 3.91. The van der Waals surface area contributed by atoms with Crippen LogP contribution in [-0.4, -0.2) is 37.0 Å². The highest BCUT2D eigenvalue weighted by Crippen LogP contribution is 2.30. The van der Waals surface area contributed by atoms with Gasteiger partial charge in [0.2, 0.25) is 5.91 Å². The Morgan fingerprint density at radius 3 is 2.64 bits per heavy atom. The van der Waals surface area contributed by atoms with Crippen molar-refractivity contribution in [2.24, 2.45) is 11.3 Å². The monoisotopic (exact) mass is 300 g/mol. The Balaban J connectivity index is 1.52. The fourth-order valence-electron chi connectivity index (χ4n) is 3.91. The van der Waals surface area contributed by atoms with E-state index >= 15 is 0 Å². The van der Waals surface area contributed by atoms with Gasteiger partial charge in [-0.05, 0) is 57.1 Å². The first-order valence-electron chi connectivity index (χ1n) is 8.71. The van der Waals surface area contributed by atoms with Gasteiger partial charge in [0.1, 0.15) is 0 Å². The molecule has 1 aromatic carbocycles. The van der Waals surface area contributed by atoms with Gasteiger partial charge in [0.05, 0.1) is 5.41 Å². The topological polar surface area (TPSA) is 32.3 Å². The Morgan fingerprint density at radius 2 is 2.00 bits per heavy atom. The van der Waals surface area contributed by atoms with Crippen LogP contribution >= 0.6 is 0 Å². The third-order valence-corrected chi connectivity index (χ3v) is 5.38. The van der Waals surface area contributed by atoms with E-state index in [-0.39, 0.29) is 5.41 Å². The number of likely N-dealkylation sites (tertiary alicyclic amines) is 1. The molecule has 1 amide bonds. The van der Waals surface area contributed by atoms with Gasteiger partial charge in [0.15, 0.2) is 0 Å². The van der Waals surface area contributed by atoms with Crippen molar-refractivity contribution >= 4 is 5.91 Å². The molecule has 120 valence electrons. The van der Waals surface area contributed by atoms with E-state index in [9.17, 15) is 4.79 Å². The maximum Gasteiger partial charge on any atom is 0.229 e. The second kappa shape index (κ2) is 6.82. The molecular formula is C19H28N2O. The maximum absolute atomic E-state index is 12.8. The summed E-state index contributed by atoms with van der Waals surface area (Å²) in [6.07, 6.45) is 5.59. The molecule has 0 spiro atoms. The molecule has 3 nitrogen and oxygen atoms in total. The maximum atomic E-state index is 12.8. The number of hydrogen-bond donors (Lipinski definition) is 1. The summed E-state index contributed by atoms with van der Waals surface area (Å²) in [5.74, 6) is 1.10. The quantitative estimate of drug-likeness (QED) is 0.931. The highest BCUT2D eigenvalue weighted by Gasteiger charge is 2.38. The molecule has 2 heterocycles. The van der Waals surface area contributed by atoms with Crippen LogP contribution in [0.3, 0.4) is 0 Å². The van der Waals surface area contributed by atoms with E-state index in [0.717, 1.165) is 64.2 Å². The summed E-state index contributed by atoms with van der Waals surface area (Å²) in [4.78, 5) is 14.9. The predicted octanol–water partition coefficient (Wildman–Crippen LogP) is 2.86. The molecule has 1 unspecified atom stereocenters. The van der Waals surface area contributed by atoms with Crippen LogP contribution in [0.2, 0.25) is 0 Å². The van der Waals surface area contributed by atoms with E-state index in [1.165, 1.54) is 5.56 Å². The first-order valence-corrected chi connectivity index (χ1v) is 8.71. The summed E-state index contributed by atoms with van der Waals surface area (Å²) >= 11 is 0. The average Bonchev–Trinajstić information content (AvgIpc) is 2.56. The number of nitrogens with zero attached hydrogens (tertiary/aromatic N) is 1. The summed E-state index contributed by atoms with van der Waals surface area (Å²) in [5, 5.41) is 3.39. The zero-order chi connectivity index (χ0) is 15.4. The second-order valence-electron chi connectivity index (χ2n) is 7.27. The highest BCUT2D eigenvalue weighted by molar-refractivity contribution is 5.82. The molecule has 3 rings (SSSR count). The number of carbonyl (C=O) groups excluding carboxylic acids is 1. The van der Waals surface area contributed by atoms with E-state index in [2.05, 4.69) is 47.5 Å². The lowest BCUT2D eigenvalue weighted by molar-refractivity contribution is -0.143. The van der Waals surface area contributed by atoms with Gasteiger partial charge in [-0.2, -0.15) is 0 Å². The number of rotatable bonds is 3. The molecule has 0 saturated carbocycles. The molecule has 0 bridgehead atoms. The van der Waals surface area contributed by atoms with E-state index in [1.54, 1.807) is 0 Å². The van der Waals surface area contributed by atoms with Gasteiger partial charge < -0.3 is 10.2 Å². The molecule has 0 radical (unpaired) electrons. The van der Waals surface area contributed by atoms with E-state index in [0.29, 0.717) is 5.91 Å². The van der Waals surface area contributed by atoms with Gasteiger partial charge >= 0.3 is 0 Å². The first kappa shape index (κ1) is 15.5. The van der Waals surface area contributed by atoms with Crippen molar-refractivity contribution in [3.05, 3.63) is 35.9 Å². The zero-order valence-electron chi connectivity index (χ0n) is 13.7. The molecule has 2 aliphatic rings. The molecule has 1 atom stereocenters. The van der Waals surface area contributed by atoms with Crippen LogP contribution in [0, 0.1) is 11.3 Å². The first-order chi connectivity index (χ1) is 10.7. The Morgan fingerprint density at radius 1 is 1.27 bits per heavy atom. The van der Waals surface area contributed by atoms with E-state index in [4.69, 9.17) is 0 Å². The number of amides is 1. The standard InChI is InChI=1S/C19H28N2O/c1-19(10-5-11-20-15-19)18(22)21-12-8-17(9-13-21)14-16-6-3-2-4-7-16/h2-4,6-7,17,20H,5,8-15H2,1H3. The van der Waals surface area contributed by atoms with Gasteiger partial charge in [-0.15, -0.1) is 0 Å². The molecule has 0 aromatic heterocycles. The van der Waals surface area contributed by atoms with Crippen molar-refractivity contribution in [1.82, 2.24) is 10.2 Å². The fraction of sp³-hybridized carbons (Fsp3) is 0.632. The Labute approximate surface area is 134 Å². The van der Waals surface area contributed by atoms with Crippen molar-refractivity contribution in [3.63, 3.8) is 0 Å².